The van der Waals surface area contributed by atoms with Crippen molar-refractivity contribution in [3.63, 3.8) is 0 Å². The van der Waals surface area contributed by atoms with Gasteiger partial charge in [-0.05, 0) is 6.42 Å². The van der Waals surface area contributed by atoms with E-state index in [9.17, 15) is 0 Å². The van der Waals surface area contributed by atoms with E-state index in [4.69, 9.17) is 18.9 Å². The maximum atomic E-state index is 6.19. The highest BCUT2D eigenvalue weighted by atomic mass is 16.8. The van der Waals surface area contributed by atoms with Crippen LogP contribution >= 0.6 is 0 Å². The molecule has 4 nitrogen and oxygen atoms in total. The minimum Gasteiger partial charge on any atom is -0.346 e. The Morgan fingerprint density at radius 1 is 0.769 bits per heavy atom. The standard InChI is InChI=1S/C20H22O4.C2H6/c1-2-16-18-17(23-20(22-16)15-11-7-4-8-12-15)13-21-19(24-18)14-9-5-3-6-10-14;1-2/h3-12,16-20H,2,13H2,1H3;1-2H3. The van der Waals surface area contributed by atoms with Gasteiger partial charge in [0.25, 0.3) is 0 Å². The van der Waals surface area contributed by atoms with Gasteiger partial charge in [-0.25, -0.2) is 0 Å². The zero-order chi connectivity index (χ0) is 18.4. The molecule has 0 aromatic heterocycles. The van der Waals surface area contributed by atoms with Crippen molar-refractivity contribution in [3.05, 3.63) is 71.8 Å². The van der Waals surface area contributed by atoms with Gasteiger partial charge in [0.1, 0.15) is 12.2 Å². The molecule has 2 saturated heterocycles. The lowest BCUT2D eigenvalue weighted by Crippen LogP contribution is -2.53. The Morgan fingerprint density at radius 2 is 1.35 bits per heavy atom. The molecule has 0 saturated carbocycles. The van der Waals surface area contributed by atoms with Crippen molar-refractivity contribution in [3.8, 4) is 0 Å². The lowest BCUT2D eigenvalue weighted by molar-refractivity contribution is -0.363. The largest absolute Gasteiger partial charge is 0.346 e. The van der Waals surface area contributed by atoms with Crippen LogP contribution in [0.2, 0.25) is 0 Å². The highest BCUT2D eigenvalue weighted by molar-refractivity contribution is 5.18. The third-order valence-corrected chi connectivity index (χ3v) is 4.57. The van der Waals surface area contributed by atoms with Gasteiger partial charge >= 0.3 is 0 Å². The fourth-order valence-electron chi connectivity index (χ4n) is 3.30. The summed E-state index contributed by atoms with van der Waals surface area (Å²) in [4.78, 5) is 0. The molecule has 2 aliphatic heterocycles. The van der Waals surface area contributed by atoms with Crippen LogP contribution in [-0.2, 0) is 18.9 Å². The van der Waals surface area contributed by atoms with Gasteiger partial charge in [-0.15, -0.1) is 0 Å². The second kappa shape index (κ2) is 9.28. The van der Waals surface area contributed by atoms with Crippen molar-refractivity contribution in [2.75, 3.05) is 6.61 Å². The summed E-state index contributed by atoms with van der Waals surface area (Å²) in [5.41, 5.74) is 2.05. The van der Waals surface area contributed by atoms with Crippen LogP contribution in [0.1, 0.15) is 50.9 Å². The second-order valence-corrected chi connectivity index (χ2v) is 6.18. The van der Waals surface area contributed by atoms with Gasteiger partial charge < -0.3 is 18.9 Å². The Morgan fingerprint density at radius 3 is 1.92 bits per heavy atom. The minimum atomic E-state index is -0.363. The summed E-state index contributed by atoms with van der Waals surface area (Å²) in [6.07, 6.45) is -0.0956. The molecule has 2 aromatic rings. The molecule has 0 radical (unpaired) electrons. The number of rotatable bonds is 3. The average Bonchev–Trinajstić information content (AvgIpc) is 2.75. The molecule has 0 bridgehead atoms. The summed E-state index contributed by atoms with van der Waals surface area (Å²) in [6.45, 7) is 6.62. The van der Waals surface area contributed by atoms with Crippen molar-refractivity contribution >= 4 is 0 Å². The smallest absolute Gasteiger partial charge is 0.184 e. The molecule has 2 aliphatic rings. The molecule has 2 aromatic carbocycles. The Labute approximate surface area is 156 Å². The van der Waals surface area contributed by atoms with Gasteiger partial charge in [-0.1, -0.05) is 81.4 Å². The second-order valence-electron chi connectivity index (χ2n) is 6.18. The van der Waals surface area contributed by atoms with Crippen LogP contribution in [0.15, 0.2) is 60.7 Å². The molecule has 5 atom stereocenters. The molecule has 2 fully saturated rings. The topological polar surface area (TPSA) is 36.9 Å². The van der Waals surface area contributed by atoms with E-state index >= 15 is 0 Å². The van der Waals surface area contributed by atoms with Crippen LogP contribution in [0.25, 0.3) is 0 Å². The average molecular weight is 356 g/mol. The normalized spacial score (nSPS) is 30.7. The lowest BCUT2D eigenvalue weighted by atomic mass is 10.0. The number of ether oxygens (including phenoxy) is 4. The van der Waals surface area contributed by atoms with Crippen LogP contribution < -0.4 is 0 Å². The molecular weight excluding hydrogens is 328 g/mol. The van der Waals surface area contributed by atoms with Gasteiger partial charge in [0.15, 0.2) is 12.6 Å². The predicted octanol–water partition coefficient (Wildman–Crippen LogP) is 5.02. The number of hydrogen-bond donors (Lipinski definition) is 0. The summed E-state index contributed by atoms with van der Waals surface area (Å²) < 4.78 is 24.4. The van der Waals surface area contributed by atoms with Crippen molar-refractivity contribution in [1.82, 2.24) is 0 Å². The van der Waals surface area contributed by atoms with Crippen molar-refractivity contribution < 1.29 is 18.9 Å². The van der Waals surface area contributed by atoms with Gasteiger partial charge in [0.05, 0.1) is 12.7 Å². The van der Waals surface area contributed by atoms with Crippen molar-refractivity contribution in [2.24, 2.45) is 0 Å². The maximum Gasteiger partial charge on any atom is 0.184 e. The number of benzene rings is 2. The van der Waals surface area contributed by atoms with Crippen molar-refractivity contribution in [1.29, 1.82) is 0 Å². The van der Waals surface area contributed by atoms with Crippen LogP contribution in [-0.4, -0.2) is 24.9 Å². The fourth-order valence-corrected chi connectivity index (χ4v) is 3.30. The van der Waals surface area contributed by atoms with E-state index in [1.165, 1.54) is 0 Å². The number of fused-ring (bicyclic) bond motifs is 1. The molecule has 2 heterocycles. The Balaban J connectivity index is 0.000000948. The first-order chi connectivity index (χ1) is 12.8. The van der Waals surface area contributed by atoms with E-state index in [1.54, 1.807) is 0 Å². The Hall–Kier alpha value is -1.72. The molecule has 0 aliphatic carbocycles. The SMILES string of the molecule is CC.CCC1OC(c2ccccc2)OC2COC(c3ccccc3)OC12. The molecule has 4 heteroatoms. The van der Waals surface area contributed by atoms with E-state index in [0.717, 1.165) is 17.5 Å². The van der Waals surface area contributed by atoms with E-state index in [2.05, 4.69) is 6.92 Å². The summed E-state index contributed by atoms with van der Waals surface area (Å²) in [7, 11) is 0. The molecule has 0 N–H and O–H groups in total. The lowest BCUT2D eigenvalue weighted by Gasteiger charge is -2.46. The van der Waals surface area contributed by atoms with Gasteiger partial charge in [0.2, 0.25) is 0 Å². The molecule has 5 unspecified atom stereocenters. The van der Waals surface area contributed by atoms with Crippen LogP contribution in [0, 0.1) is 0 Å². The van der Waals surface area contributed by atoms with E-state index in [0.29, 0.717) is 6.61 Å². The zero-order valence-corrected chi connectivity index (χ0v) is 15.7. The van der Waals surface area contributed by atoms with E-state index < -0.39 is 0 Å². The van der Waals surface area contributed by atoms with Gasteiger partial charge in [0, 0.05) is 11.1 Å². The Kier molecular flexibility index (Phi) is 6.80. The minimum absolute atomic E-state index is 0.0101. The first kappa shape index (κ1) is 19.1. The predicted molar refractivity (Wildman–Crippen MR) is 101 cm³/mol. The fraction of sp³-hybridized carbons (Fsp3) is 0.455. The molecule has 0 amide bonds. The summed E-state index contributed by atoms with van der Waals surface area (Å²) in [6, 6.07) is 20.0. The zero-order valence-electron chi connectivity index (χ0n) is 15.7. The monoisotopic (exact) mass is 356 g/mol. The summed E-state index contributed by atoms with van der Waals surface area (Å²) in [5.74, 6) is 0. The van der Waals surface area contributed by atoms with Gasteiger partial charge in [-0.3, -0.25) is 0 Å². The van der Waals surface area contributed by atoms with Crippen LogP contribution in [0.5, 0.6) is 0 Å². The first-order valence-corrected chi connectivity index (χ1v) is 9.53. The first-order valence-electron chi connectivity index (χ1n) is 9.53. The molecule has 140 valence electrons. The van der Waals surface area contributed by atoms with Gasteiger partial charge in [-0.2, -0.15) is 0 Å². The molecule has 26 heavy (non-hydrogen) atoms. The maximum absolute atomic E-state index is 6.19. The number of hydrogen-bond acceptors (Lipinski definition) is 4. The summed E-state index contributed by atoms with van der Waals surface area (Å²) in [5, 5.41) is 0. The highest BCUT2D eigenvalue weighted by Gasteiger charge is 2.44. The molecule has 0 spiro atoms. The van der Waals surface area contributed by atoms with Crippen LogP contribution in [0.3, 0.4) is 0 Å². The van der Waals surface area contributed by atoms with Crippen LogP contribution in [0.4, 0.5) is 0 Å². The molecule has 4 rings (SSSR count). The van der Waals surface area contributed by atoms with E-state index in [-0.39, 0.29) is 30.9 Å². The molecular formula is C22H28O4. The highest BCUT2D eigenvalue weighted by Crippen LogP contribution is 2.38. The van der Waals surface area contributed by atoms with Crippen molar-refractivity contribution in [2.45, 2.75) is 58.1 Å². The quantitative estimate of drug-likeness (QED) is 0.774. The summed E-state index contributed by atoms with van der Waals surface area (Å²) >= 11 is 0. The Bertz CT molecular complexity index is 638. The van der Waals surface area contributed by atoms with E-state index in [1.807, 2.05) is 74.5 Å². The third-order valence-electron chi connectivity index (χ3n) is 4.57. The third kappa shape index (κ3) is 4.15.